The molecule has 0 aliphatic heterocycles. The molecule has 0 bridgehead atoms. The summed E-state index contributed by atoms with van der Waals surface area (Å²) in [5.41, 5.74) is 1.99. The molecular weight excluding hydrogens is 338 g/mol. The van der Waals surface area contributed by atoms with Crippen molar-refractivity contribution < 1.29 is 9.90 Å². The zero-order chi connectivity index (χ0) is 16.6. The van der Waals surface area contributed by atoms with Crippen LogP contribution in [0, 0.1) is 6.92 Å². The quantitative estimate of drug-likeness (QED) is 0.758. The highest BCUT2D eigenvalue weighted by Gasteiger charge is 2.17. The van der Waals surface area contributed by atoms with Crippen molar-refractivity contribution in [3.63, 3.8) is 0 Å². The summed E-state index contributed by atoms with van der Waals surface area (Å²) in [6.45, 7) is 1.67. The van der Waals surface area contributed by atoms with Crippen LogP contribution in [0.25, 0.3) is 16.4 Å². The molecule has 8 heteroatoms. The first-order valence-electron chi connectivity index (χ1n) is 6.70. The highest BCUT2D eigenvalue weighted by Crippen LogP contribution is 2.24. The van der Waals surface area contributed by atoms with Gasteiger partial charge in [0.2, 0.25) is 5.13 Å². The highest BCUT2D eigenvalue weighted by molar-refractivity contribution is 7.12. The second-order valence-corrected chi connectivity index (χ2v) is 6.22. The third-order valence-electron chi connectivity index (χ3n) is 3.34. The largest absolute Gasteiger partial charge is 0.481 e. The number of hydrogen-bond acceptors (Lipinski definition) is 4. The lowest BCUT2D eigenvalue weighted by molar-refractivity contribution is -0.136. The Bertz CT molecular complexity index is 924. The number of H-pyrrole nitrogens is 1. The molecule has 0 spiro atoms. The number of carboxylic acids is 1. The van der Waals surface area contributed by atoms with Crippen LogP contribution in [0.15, 0.2) is 34.4 Å². The Labute approximate surface area is 140 Å². The number of aliphatic carboxylic acids is 1. The average Bonchev–Trinajstić information content (AvgIpc) is 3.08. The van der Waals surface area contributed by atoms with Crippen molar-refractivity contribution in [2.24, 2.45) is 0 Å². The third kappa shape index (κ3) is 3.06. The summed E-state index contributed by atoms with van der Waals surface area (Å²) in [6, 6.07) is 7.23. The van der Waals surface area contributed by atoms with Crippen molar-refractivity contribution in [1.29, 1.82) is 0 Å². The Morgan fingerprint density at radius 1 is 1.39 bits per heavy atom. The maximum Gasteiger partial charge on any atom is 0.308 e. The molecule has 2 N–H and O–H groups in total. The van der Waals surface area contributed by atoms with E-state index in [4.69, 9.17) is 16.7 Å². The maximum atomic E-state index is 12.3. The summed E-state index contributed by atoms with van der Waals surface area (Å²) in [5, 5.41) is 14.7. The average molecular weight is 350 g/mol. The number of nitrogens with zero attached hydrogens (tertiary/aromatic N) is 2. The number of benzene rings is 1. The number of halogens is 1. The molecule has 0 saturated carbocycles. The standard InChI is InChI=1S/C15H12ClN3O3S/c1-8-11(6-13(20)21)14(22)19(18-8)15-17-12(7-23-15)9-2-4-10(16)5-3-9/h2-5,7,18H,6H2,1H3,(H,20,21). The number of thiazole rings is 1. The fourth-order valence-electron chi connectivity index (χ4n) is 2.20. The molecule has 23 heavy (non-hydrogen) atoms. The molecule has 0 atom stereocenters. The minimum Gasteiger partial charge on any atom is -0.481 e. The summed E-state index contributed by atoms with van der Waals surface area (Å²) in [4.78, 5) is 27.6. The summed E-state index contributed by atoms with van der Waals surface area (Å²) in [6.07, 6.45) is -0.316. The van der Waals surface area contributed by atoms with Crippen LogP contribution in [0.4, 0.5) is 0 Å². The zero-order valence-electron chi connectivity index (χ0n) is 12.0. The minimum absolute atomic E-state index is 0.237. The van der Waals surface area contributed by atoms with Crippen LogP contribution in [0.3, 0.4) is 0 Å². The van der Waals surface area contributed by atoms with Crippen molar-refractivity contribution in [2.45, 2.75) is 13.3 Å². The molecular formula is C15H12ClN3O3S. The second-order valence-electron chi connectivity index (χ2n) is 4.95. The Morgan fingerprint density at radius 3 is 2.74 bits per heavy atom. The molecule has 118 valence electrons. The van der Waals surface area contributed by atoms with Crippen molar-refractivity contribution >= 4 is 28.9 Å². The van der Waals surface area contributed by atoms with Gasteiger partial charge in [0.25, 0.3) is 5.56 Å². The van der Waals surface area contributed by atoms with Crippen molar-refractivity contribution in [3.8, 4) is 16.4 Å². The highest BCUT2D eigenvalue weighted by atomic mass is 35.5. The van der Waals surface area contributed by atoms with Crippen LogP contribution in [-0.4, -0.2) is 25.8 Å². The van der Waals surface area contributed by atoms with Crippen molar-refractivity contribution in [1.82, 2.24) is 14.8 Å². The Balaban J connectivity index is 1.99. The zero-order valence-corrected chi connectivity index (χ0v) is 13.6. The van der Waals surface area contributed by atoms with E-state index in [0.717, 1.165) is 11.3 Å². The van der Waals surface area contributed by atoms with Gasteiger partial charge in [0, 0.05) is 21.7 Å². The van der Waals surface area contributed by atoms with E-state index in [0.29, 0.717) is 15.8 Å². The molecule has 3 rings (SSSR count). The van der Waals surface area contributed by atoms with Gasteiger partial charge in [0.1, 0.15) is 0 Å². The van der Waals surface area contributed by atoms with Crippen LogP contribution >= 0.6 is 22.9 Å². The van der Waals surface area contributed by atoms with Crippen LogP contribution in [0.5, 0.6) is 0 Å². The number of hydrogen-bond donors (Lipinski definition) is 2. The first-order chi connectivity index (χ1) is 11.0. The van der Waals surface area contributed by atoms with Crippen LogP contribution in [0.2, 0.25) is 5.02 Å². The molecule has 2 aromatic heterocycles. The number of nitrogens with one attached hydrogen (secondary N) is 1. The fourth-order valence-corrected chi connectivity index (χ4v) is 3.11. The Morgan fingerprint density at radius 2 is 2.09 bits per heavy atom. The maximum absolute atomic E-state index is 12.3. The van der Waals surface area contributed by atoms with E-state index in [1.807, 2.05) is 17.5 Å². The van der Waals surface area contributed by atoms with Crippen molar-refractivity contribution in [3.05, 3.63) is 56.3 Å². The molecule has 0 saturated heterocycles. The molecule has 0 amide bonds. The lowest BCUT2D eigenvalue weighted by atomic mass is 10.2. The first-order valence-corrected chi connectivity index (χ1v) is 7.95. The van der Waals surface area contributed by atoms with E-state index in [9.17, 15) is 9.59 Å². The summed E-state index contributed by atoms with van der Waals surface area (Å²) < 4.78 is 1.28. The van der Waals surface area contributed by atoms with Gasteiger partial charge in [0.15, 0.2) is 0 Å². The van der Waals surface area contributed by atoms with Crippen LogP contribution in [0.1, 0.15) is 11.3 Å². The third-order valence-corrected chi connectivity index (χ3v) is 4.42. The molecule has 3 aromatic rings. The second kappa shape index (κ2) is 6.02. The molecule has 0 radical (unpaired) electrons. The van der Waals surface area contributed by atoms with E-state index in [2.05, 4.69) is 10.1 Å². The van der Waals surface area contributed by atoms with Gasteiger partial charge in [-0.2, -0.15) is 4.68 Å². The van der Waals surface area contributed by atoms with E-state index >= 15 is 0 Å². The van der Waals surface area contributed by atoms with Crippen LogP contribution < -0.4 is 5.56 Å². The summed E-state index contributed by atoms with van der Waals surface area (Å²) >= 11 is 7.16. The van der Waals surface area contributed by atoms with Gasteiger partial charge in [-0.1, -0.05) is 23.7 Å². The lowest BCUT2D eigenvalue weighted by Gasteiger charge is -1.97. The molecule has 0 unspecified atom stereocenters. The van der Waals surface area contributed by atoms with Gasteiger partial charge in [0.05, 0.1) is 17.7 Å². The summed E-state index contributed by atoms with van der Waals surface area (Å²) in [7, 11) is 0. The van der Waals surface area contributed by atoms with Crippen LogP contribution in [-0.2, 0) is 11.2 Å². The van der Waals surface area contributed by atoms with E-state index in [1.54, 1.807) is 19.1 Å². The van der Waals surface area contributed by atoms with Crippen molar-refractivity contribution in [2.75, 3.05) is 0 Å². The smallest absolute Gasteiger partial charge is 0.308 e. The number of rotatable bonds is 4. The number of carbonyl (C=O) groups is 1. The predicted molar refractivity (Wildman–Crippen MR) is 88.6 cm³/mol. The minimum atomic E-state index is -1.04. The van der Waals surface area contributed by atoms with Gasteiger partial charge in [-0.25, -0.2) is 4.98 Å². The van der Waals surface area contributed by atoms with E-state index in [-0.39, 0.29) is 17.5 Å². The lowest BCUT2D eigenvalue weighted by Crippen LogP contribution is -2.19. The predicted octanol–water partition coefficient (Wildman–Crippen LogP) is 2.88. The molecule has 2 heterocycles. The molecule has 0 fully saturated rings. The van der Waals surface area contributed by atoms with Gasteiger partial charge < -0.3 is 5.11 Å². The van der Waals surface area contributed by atoms with E-state index in [1.165, 1.54) is 16.0 Å². The Hall–Kier alpha value is -2.38. The van der Waals surface area contributed by atoms with Gasteiger partial charge in [-0.05, 0) is 19.1 Å². The normalized spacial score (nSPS) is 10.9. The SMILES string of the molecule is Cc1[nH]n(-c2nc(-c3ccc(Cl)cc3)cs2)c(=O)c1CC(=O)O. The molecule has 0 aliphatic carbocycles. The summed E-state index contributed by atoms with van der Waals surface area (Å²) in [5.74, 6) is -1.04. The first kappa shape index (κ1) is 15.5. The van der Waals surface area contributed by atoms with Gasteiger partial charge in [-0.15, -0.1) is 11.3 Å². The number of aryl methyl sites for hydroxylation is 1. The topological polar surface area (TPSA) is 88.0 Å². The number of aromatic nitrogens is 3. The van der Waals surface area contributed by atoms with E-state index < -0.39 is 5.97 Å². The molecule has 6 nitrogen and oxygen atoms in total. The van der Waals surface area contributed by atoms with Gasteiger partial charge >= 0.3 is 5.97 Å². The number of carboxylic acid groups (broad SMARTS) is 1. The number of aromatic amines is 1. The monoisotopic (exact) mass is 349 g/mol. The van der Waals surface area contributed by atoms with Gasteiger partial charge in [-0.3, -0.25) is 14.7 Å². The Kier molecular flexibility index (Phi) is 4.06. The fraction of sp³-hybridized carbons (Fsp3) is 0.133. The molecule has 0 aliphatic rings. The molecule has 1 aromatic carbocycles.